The average Bonchev–Trinajstić information content (AvgIpc) is 3.12. The Hall–Kier alpha value is -8.99. The molecule has 29 heteroatoms. The van der Waals surface area contributed by atoms with E-state index in [1.54, 1.807) is 74.6 Å². The average molecular weight is 1160 g/mol. The van der Waals surface area contributed by atoms with E-state index >= 15 is 0 Å². The van der Waals surface area contributed by atoms with Crippen LogP contribution in [-0.2, 0) is 75.2 Å². The molecule has 450 valence electrons. The molecule has 83 heavy (non-hydrogen) atoms. The van der Waals surface area contributed by atoms with E-state index < -0.39 is 176 Å². The standard InChI is InChI=1S/C54H74N14O15/c1-26(2)19-34(61-48(77)33-16-17-42(73)60-33)49(78)64-37(22-40(55)71)50(79)62-35(20-29-11-6-5-7-12-29)52(81)67-45(28(4)70)54(83)68-18-10-15-39(68)53(82)65-38(23-41(56)72)51(80)63-36(21-30-24-58-32-14-9-8-13-31(30)32)47(76)59-25-43(74)66-44(27(3)69)46(57)75/h5-9,11-14,24,26-28,33-39,44-45,58,69-70H,10,15-23,25H2,1-4H3,(H2,55,71)(H2,56,72)(H2,57,75)(H,59,76)(H,60,73)(H,61,77)(H,62,79)(H,63,80)(H,64,78)(H,65,82)(H,66,74)(H,67,81)/t27-,28-,33+,34+,35+,36+,37+,38+,39+,44+,45+/m1/s1/i16T,17T/t16?,17?,27-,28-,33+,34+,35+,36+,37+,38+,39+,44+,45+. The van der Waals surface area contributed by atoms with Crippen molar-refractivity contribution in [3.8, 4) is 0 Å². The molecule has 29 nitrogen and oxygen atoms in total. The van der Waals surface area contributed by atoms with Crippen LogP contribution in [0.2, 0.25) is 0 Å². The number of nitrogens with one attached hydrogen (secondary N) is 10. The van der Waals surface area contributed by atoms with E-state index in [9.17, 15) is 72.5 Å². The van der Waals surface area contributed by atoms with Crippen LogP contribution < -0.4 is 65.1 Å². The number of primary amides is 3. The van der Waals surface area contributed by atoms with Crippen LogP contribution in [0, 0.1) is 5.92 Å². The smallest absolute Gasteiger partial charge is 0.248 e. The maximum atomic E-state index is 14.5. The van der Waals surface area contributed by atoms with Crippen LogP contribution in [0.5, 0.6) is 0 Å². The van der Waals surface area contributed by atoms with E-state index in [0.29, 0.717) is 22.0 Å². The number of nitrogens with two attached hydrogens (primary N) is 3. The highest BCUT2D eigenvalue weighted by molar-refractivity contribution is 6.01. The van der Waals surface area contributed by atoms with Gasteiger partial charge in [0.05, 0.1) is 31.6 Å². The molecule has 0 saturated carbocycles. The minimum atomic E-state index is -1.82. The van der Waals surface area contributed by atoms with Crippen LogP contribution in [0.25, 0.3) is 10.9 Å². The highest BCUT2D eigenvalue weighted by atomic mass is 16.3. The van der Waals surface area contributed by atoms with Gasteiger partial charge in [-0.15, -0.1) is 0 Å². The van der Waals surface area contributed by atoms with Crippen LogP contribution in [-0.4, -0.2) is 177 Å². The van der Waals surface area contributed by atoms with Crippen LogP contribution in [0.15, 0.2) is 60.8 Å². The Morgan fingerprint density at radius 3 is 1.80 bits per heavy atom. The zero-order valence-corrected chi connectivity index (χ0v) is 46.1. The SMILES string of the molecule is [3H]C1C(=O)N[C@H](C(=O)N[C@@H](CC(C)C)C(=O)N[C@@H](CC(N)=O)C(=O)N[C@@H](Cc2ccccc2)C(=O)N[C@H](C(=O)N2CCC[C@H]2C(=O)N[C@@H](CC(N)=O)C(=O)N[C@@H](Cc2c[nH]c3ccccc23)C(=O)NCC(=O)N[C@H](C(N)=O)[C@@H](C)O)[C@@H](C)O)C1[3H]. The summed E-state index contributed by atoms with van der Waals surface area (Å²) in [6, 6.07) is 0.828. The summed E-state index contributed by atoms with van der Waals surface area (Å²) in [4.78, 5) is 178. The van der Waals surface area contributed by atoms with Gasteiger partial charge in [0.2, 0.25) is 76.8 Å². The van der Waals surface area contributed by atoms with Crippen molar-refractivity contribution in [3.63, 3.8) is 0 Å². The van der Waals surface area contributed by atoms with E-state index in [1.165, 1.54) is 6.92 Å². The number of H-pyrrole nitrogens is 1. The van der Waals surface area contributed by atoms with Crippen molar-refractivity contribution >= 4 is 87.7 Å². The molecule has 2 aliphatic rings. The Labute approximate surface area is 479 Å². The lowest BCUT2D eigenvalue weighted by Crippen LogP contribution is -2.62. The number of benzene rings is 2. The fourth-order valence-electron chi connectivity index (χ4n) is 9.31. The quantitative estimate of drug-likeness (QED) is 0.0297. The Morgan fingerprint density at radius 2 is 1.22 bits per heavy atom. The first-order chi connectivity index (χ1) is 40.1. The lowest BCUT2D eigenvalue weighted by molar-refractivity contribution is -0.145. The van der Waals surface area contributed by atoms with Crippen LogP contribution in [0.1, 0.15) is 86.5 Å². The normalized spacial score (nSPS) is 20.2. The molecule has 3 aromatic rings. The lowest BCUT2D eigenvalue weighted by Gasteiger charge is -2.32. The number of aromatic amines is 1. The number of amides is 13. The fourth-order valence-corrected chi connectivity index (χ4v) is 9.31. The summed E-state index contributed by atoms with van der Waals surface area (Å²) >= 11 is 0. The molecule has 1 aromatic heterocycles. The molecule has 2 saturated heterocycles. The van der Waals surface area contributed by atoms with Gasteiger partial charge < -0.3 is 85.1 Å². The van der Waals surface area contributed by atoms with Crippen molar-refractivity contribution in [1.29, 1.82) is 0 Å². The van der Waals surface area contributed by atoms with E-state index in [4.69, 9.17) is 19.9 Å². The summed E-state index contributed by atoms with van der Waals surface area (Å²) < 4.78 is 15.9. The predicted octanol–water partition coefficient (Wildman–Crippen LogP) is -5.22. The van der Waals surface area contributed by atoms with E-state index in [1.807, 2.05) is 0 Å². The first-order valence-corrected chi connectivity index (χ1v) is 26.7. The lowest BCUT2D eigenvalue weighted by atomic mass is 10.0. The van der Waals surface area contributed by atoms with Crippen molar-refractivity contribution in [2.24, 2.45) is 23.1 Å². The summed E-state index contributed by atoms with van der Waals surface area (Å²) in [5.74, 6) is -13.4. The van der Waals surface area contributed by atoms with Gasteiger partial charge in [-0.3, -0.25) is 62.3 Å². The Morgan fingerprint density at radius 1 is 0.663 bits per heavy atom. The Bertz CT molecular complexity index is 2980. The molecule has 2 aliphatic heterocycles. The predicted molar refractivity (Wildman–Crippen MR) is 294 cm³/mol. The monoisotopic (exact) mass is 1160 g/mol. The number of para-hydroxylation sites is 1. The van der Waals surface area contributed by atoms with Gasteiger partial charge in [0.25, 0.3) is 0 Å². The molecule has 2 aromatic carbocycles. The van der Waals surface area contributed by atoms with Crippen molar-refractivity contribution < 1.29 is 75.3 Å². The second-order valence-corrected chi connectivity index (χ2v) is 20.7. The second-order valence-electron chi connectivity index (χ2n) is 20.7. The summed E-state index contributed by atoms with van der Waals surface area (Å²) in [6.07, 6.45) is -6.59. The minimum absolute atomic E-state index is 0.0306. The molecule has 0 radical (unpaired) electrons. The number of rotatable bonds is 30. The van der Waals surface area contributed by atoms with Crippen molar-refractivity contribution in [1.82, 2.24) is 57.7 Å². The number of carbonyl (C=O) groups excluding carboxylic acids is 13. The third-order valence-electron chi connectivity index (χ3n) is 13.5. The van der Waals surface area contributed by atoms with Gasteiger partial charge in [-0.1, -0.05) is 62.4 Å². The van der Waals surface area contributed by atoms with Crippen molar-refractivity contribution in [2.45, 2.75) is 152 Å². The van der Waals surface area contributed by atoms with Crippen molar-refractivity contribution in [3.05, 3.63) is 71.9 Å². The molecule has 0 bridgehead atoms. The molecule has 5 rings (SSSR count). The number of hydrogen-bond acceptors (Lipinski definition) is 15. The number of nitrogens with zero attached hydrogens (tertiary/aromatic N) is 1. The number of likely N-dealkylation sites (tertiary alicyclic amines) is 1. The second kappa shape index (κ2) is 30.2. The van der Waals surface area contributed by atoms with Gasteiger partial charge in [0.1, 0.15) is 54.4 Å². The topological polar surface area (TPSA) is 468 Å². The summed E-state index contributed by atoms with van der Waals surface area (Å²) in [7, 11) is 0. The molecule has 18 N–H and O–H groups in total. The number of aliphatic hydroxyl groups excluding tert-OH is 2. The van der Waals surface area contributed by atoms with Crippen LogP contribution in [0.4, 0.5) is 0 Å². The largest absolute Gasteiger partial charge is 0.391 e. The zero-order chi connectivity index (χ0) is 63.0. The van der Waals surface area contributed by atoms with Gasteiger partial charge in [0, 0.05) is 45.6 Å². The molecule has 0 spiro atoms. The molecule has 2 unspecified atom stereocenters. The maximum absolute atomic E-state index is 14.5. The molecule has 13 atom stereocenters. The summed E-state index contributed by atoms with van der Waals surface area (Å²) in [6.45, 7) is 4.91. The van der Waals surface area contributed by atoms with Gasteiger partial charge in [-0.05, 0) is 62.6 Å². The number of fused-ring (bicyclic) bond motifs is 1. The highest BCUT2D eigenvalue weighted by Crippen LogP contribution is 2.22. The molecule has 2 fully saturated rings. The highest BCUT2D eigenvalue weighted by Gasteiger charge is 2.42. The van der Waals surface area contributed by atoms with E-state index in [2.05, 4.69) is 52.8 Å². The van der Waals surface area contributed by atoms with Gasteiger partial charge in [0.15, 0.2) is 0 Å². The molecular weight excluding hydrogens is 1080 g/mol. The van der Waals surface area contributed by atoms with Gasteiger partial charge >= 0.3 is 0 Å². The maximum Gasteiger partial charge on any atom is 0.248 e. The Kier molecular flexibility index (Phi) is 22.4. The van der Waals surface area contributed by atoms with Gasteiger partial charge in [-0.2, -0.15) is 0 Å². The number of aromatic nitrogens is 1. The zero-order valence-electron chi connectivity index (χ0n) is 48.1. The van der Waals surface area contributed by atoms with Gasteiger partial charge in [-0.25, -0.2) is 0 Å². The number of carbonyl (C=O) groups is 13. The first-order valence-electron chi connectivity index (χ1n) is 27.9. The number of aliphatic hydroxyl groups is 2. The number of hydrogen-bond donors (Lipinski definition) is 15. The molecule has 13 amide bonds. The van der Waals surface area contributed by atoms with E-state index in [0.717, 1.165) is 11.8 Å². The molecule has 0 aliphatic carbocycles. The van der Waals surface area contributed by atoms with Crippen molar-refractivity contribution in [2.75, 3.05) is 13.1 Å². The fraction of sp³-hybridized carbons (Fsp3) is 0.500. The minimum Gasteiger partial charge on any atom is -0.391 e. The third-order valence-corrected chi connectivity index (χ3v) is 13.5. The Balaban J connectivity index is 1.33. The first kappa shape index (κ1) is 61.6. The van der Waals surface area contributed by atoms with E-state index in [-0.39, 0.29) is 44.6 Å². The molecule has 3 heterocycles. The van der Waals surface area contributed by atoms with Crippen LogP contribution in [0.3, 0.4) is 0 Å². The molecular formula is C54H74N14O15. The summed E-state index contributed by atoms with van der Waals surface area (Å²) in [5, 5.41) is 43.1. The third kappa shape index (κ3) is 19.1. The summed E-state index contributed by atoms with van der Waals surface area (Å²) in [5.41, 5.74) is 18.0. The van der Waals surface area contributed by atoms with Crippen LogP contribution >= 0.6 is 0 Å².